The van der Waals surface area contributed by atoms with E-state index < -0.39 is 5.91 Å². The molecule has 1 aromatic heterocycles. The second-order valence-corrected chi connectivity index (χ2v) is 5.45. The second kappa shape index (κ2) is 5.79. The van der Waals surface area contributed by atoms with Crippen molar-refractivity contribution in [2.45, 2.75) is 18.7 Å². The summed E-state index contributed by atoms with van der Waals surface area (Å²) in [4.78, 5) is 30.8. The molecule has 3 rings (SSSR count). The Hall–Kier alpha value is -1.99. The third-order valence-electron chi connectivity index (χ3n) is 3.94. The molecule has 2 atom stereocenters. The van der Waals surface area contributed by atoms with E-state index in [1.807, 2.05) is 12.1 Å². The number of carbonyl (C=O) groups excluding carboxylic acids is 2. The van der Waals surface area contributed by atoms with E-state index in [-0.39, 0.29) is 31.2 Å². The van der Waals surface area contributed by atoms with Crippen LogP contribution in [0.25, 0.3) is 0 Å². The minimum absolute atomic E-state index is 0.0253. The molecule has 0 unspecified atom stereocenters. The van der Waals surface area contributed by atoms with Crippen molar-refractivity contribution in [2.75, 3.05) is 26.2 Å². The molecule has 0 saturated carbocycles. The van der Waals surface area contributed by atoms with Gasteiger partial charge in [0.2, 0.25) is 11.8 Å². The molecule has 0 bridgehead atoms. The van der Waals surface area contributed by atoms with Crippen LogP contribution >= 0.6 is 0 Å². The Kier molecular flexibility index (Phi) is 3.85. The SMILES string of the molecule is NC(=O)CN1C(=O)CO[C@H]2CN(Cc3ccncc3)C[C@H]21. The molecule has 7 heteroatoms. The zero-order valence-electron chi connectivity index (χ0n) is 11.6. The lowest BCUT2D eigenvalue weighted by atomic mass is 10.1. The van der Waals surface area contributed by atoms with Crippen molar-refractivity contribution in [3.8, 4) is 0 Å². The molecule has 0 radical (unpaired) electrons. The van der Waals surface area contributed by atoms with E-state index in [4.69, 9.17) is 10.5 Å². The monoisotopic (exact) mass is 290 g/mol. The molecule has 2 aliphatic heterocycles. The van der Waals surface area contributed by atoms with Crippen molar-refractivity contribution >= 4 is 11.8 Å². The average molecular weight is 290 g/mol. The van der Waals surface area contributed by atoms with Crippen molar-refractivity contribution in [1.82, 2.24) is 14.8 Å². The highest BCUT2D eigenvalue weighted by Gasteiger charge is 2.43. The van der Waals surface area contributed by atoms with Crippen LogP contribution in [0.1, 0.15) is 5.56 Å². The van der Waals surface area contributed by atoms with Gasteiger partial charge in [-0.3, -0.25) is 19.5 Å². The van der Waals surface area contributed by atoms with Crippen molar-refractivity contribution in [2.24, 2.45) is 5.73 Å². The van der Waals surface area contributed by atoms with Gasteiger partial charge in [0.25, 0.3) is 0 Å². The van der Waals surface area contributed by atoms with Crippen LogP contribution in [0.4, 0.5) is 0 Å². The Labute approximate surface area is 122 Å². The number of hydrogen-bond donors (Lipinski definition) is 1. The highest BCUT2D eigenvalue weighted by atomic mass is 16.5. The van der Waals surface area contributed by atoms with Gasteiger partial charge >= 0.3 is 0 Å². The zero-order valence-corrected chi connectivity index (χ0v) is 11.6. The van der Waals surface area contributed by atoms with E-state index in [0.29, 0.717) is 6.54 Å². The summed E-state index contributed by atoms with van der Waals surface area (Å²) < 4.78 is 5.60. The van der Waals surface area contributed by atoms with Gasteiger partial charge in [-0.1, -0.05) is 0 Å². The van der Waals surface area contributed by atoms with E-state index in [1.54, 1.807) is 17.3 Å². The molecule has 2 amide bonds. The standard InChI is InChI=1S/C14H18N4O3/c15-13(19)8-18-11-6-17(5-10-1-3-16-4-2-10)7-12(11)21-9-14(18)20/h1-4,11-12H,5-9H2,(H2,15,19)/t11-,12+/m1/s1. The number of nitrogens with zero attached hydrogens (tertiary/aromatic N) is 3. The molecule has 7 nitrogen and oxygen atoms in total. The smallest absolute Gasteiger partial charge is 0.249 e. The lowest BCUT2D eigenvalue weighted by Gasteiger charge is -2.35. The van der Waals surface area contributed by atoms with Gasteiger partial charge in [-0.05, 0) is 17.7 Å². The summed E-state index contributed by atoms with van der Waals surface area (Å²) in [6.07, 6.45) is 3.47. The van der Waals surface area contributed by atoms with Gasteiger partial charge in [-0.15, -0.1) is 0 Å². The summed E-state index contributed by atoms with van der Waals surface area (Å²) >= 11 is 0. The largest absolute Gasteiger partial charge is 0.368 e. The third kappa shape index (κ3) is 3.03. The summed E-state index contributed by atoms with van der Waals surface area (Å²) in [6.45, 7) is 2.20. The Bertz CT molecular complexity index is 536. The number of aromatic nitrogens is 1. The number of pyridine rings is 1. The first-order valence-electron chi connectivity index (χ1n) is 6.94. The fourth-order valence-corrected chi connectivity index (χ4v) is 2.99. The summed E-state index contributed by atoms with van der Waals surface area (Å²) in [5.74, 6) is -0.655. The number of nitrogens with two attached hydrogens (primary N) is 1. The molecule has 2 aliphatic rings. The predicted octanol–water partition coefficient (Wildman–Crippen LogP) is -1.02. The van der Waals surface area contributed by atoms with Crippen LogP contribution < -0.4 is 5.73 Å². The number of fused-ring (bicyclic) bond motifs is 1. The summed E-state index contributed by atoms with van der Waals surface area (Å²) in [6, 6.07) is 3.84. The number of carbonyl (C=O) groups is 2. The van der Waals surface area contributed by atoms with Gasteiger partial charge in [0.05, 0.1) is 18.7 Å². The first-order valence-corrected chi connectivity index (χ1v) is 6.94. The first kappa shape index (κ1) is 14.0. The van der Waals surface area contributed by atoms with Crippen LogP contribution in [-0.2, 0) is 20.9 Å². The summed E-state index contributed by atoms with van der Waals surface area (Å²) in [5.41, 5.74) is 6.40. The number of likely N-dealkylation sites (tertiary alicyclic amines) is 1. The van der Waals surface area contributed by atoms with E-state index in [9.17, 15) is 9.59 Å². The topological polar surface area (TPSA) is 88.8 Å². The summed E-state index contributed by atoms with van der Waals surface area (Å²) in [5, 5.41) is 0. The van der Waals surface area contributed by atoms with E-state index >= 15 is 0 Å². The molecule has 1 aromatic rings. The first-order chi connectivity index (χ1) is 10.1. The lowest BCUT2D eigenvalue weighted by molar-refractivity contribution is -0.155. The number of ether oxygens (including phenoxy) is 1. The number of rotatable bonds is 4. The van der Waals surface area contributed by atoms with Crippen molar-refractivity contribution < 1.29 is 14.3 Å². The molecule has 2 saturated heterocycles. The van der Waals surface area contributed by atoms with Crippen LogP contribution in [0.15, 0.2) is 24.5 Å². The zero-order chi connectivity index (χ0) is 14.8. The van der Waals surface area contributed by atoms with Crippen molar-refractivity contribution in [1.29, 1.82) is 0 Å². The molecule has 21 heavy (non-hydrogen) atoms. The third-order valence-corrected chi connectivity index (χ3v) is 3.94. The summed E-state index contributed by atoms with van der Waals surface area (Å²) in [7, 11) is 0. The van der Waals surface area contributed by atoms with Crippen molar-refractivity contribution in [3.05, 3.63) is 30.1 Å². The molecular weight excluding hydrogens is 272 g/mol. The highest BCUT2D eigenvalue weighted by Crippen LogP contribution is 2.24. The molecule has 0 aliphatic carbocycles. The molecule has 0 spiro atoms. The number of morpholine rings is 1. The normalized spacial score (nSPS) is 25.9. The van der Waals surface area contributed by atoms with E-state index in [0.717, 1.165) is 18.7 Å². The van der Waals surface area contributed by atoms with Crippen LogP contribution in [0.3, 0.4) is 0 Å². The van der Waals surface area contributed by atoms with Crippen LogP contribution in [-0.4, -0.2) is 65.0 Å². The molecule has 112 valence electrons. The van der Waals surface area contributed by atoms with Gasteiger partial charge < -0.3 is 15.4 Å². The van der Waals surface area contributed by atoms with Gasteiger partial charge in [0, 0.05) is 32.0 Å². The highest BCUT2D eigenvalue weighted by molar-refractivity contribution is 5.85. The fraction of sp³-hybridized carbons (Fsp3) is 0.500. The second-order valence-electron chi connectivity index (χ2n) is 5.45. The van der Waals surface area contributed by atoms with E-state index in [1.165, 1.54) is 0 Å². The number of amides is 2. The Morgan fingerprint density at radius 2 is 2.14 bits per heavy atom. The fourth-order valence-electron chi connectivity index (χ4n) is 2.99. The molecule has 2 fully saturated rings. The molecule has 3 heterocycles. The Morgan fingerprint density at radius 1 is 1.38 bits per heavy atom. The lowest BCUT2D eigenvalue weighted by Crippen LogP contribution is -2.56. The Morgan fingerprint density at radius 3 is 2.86 bits per heavy atom. The average Bonchev–Trinajstić information content (AvgIpc) is 2.86. The molecule has 0 aromatic carbocycles. The number of primary amides is 1. The molecular formula is C14H18N4O3. The van der Waals surface area contributed by atoms with Crippen molar-refractivity contribution in [3.63, 3.8) is 0 Å². The van der Waals surface area contributed by atoms with Gasteiger partial charge in [-0.25, -0.2) is 0 Å². The predicted molar refractivity (Wildman–Crippen MR) is 73.9 cm³/mol. The maximum absolute atomic E-state index is 11.9. The van der Waals surface area contributed by atoms with Gasteiger partial charge in [0.15, 0.2) is 0 Å². The van der Waals surface area contributed by atoms with E-state index in [2.05, 4.69) is 9.88 Å². The minimum atomic E-state index is -0.489. The minimum Gasteiger partial charge on any atom is -0.368 e. The van der Waals surface area contributed by atoms with Gasteiger partial charge in [-0.2, -0.15) is 0 Å². The molecule has 2 N–H and O–H groups in total. The maximum atomic E-state index is 11.9. The Balaban J connectivity index is 1.68. The van der Waals surface area contributed by atoms with Crippen LogP contribution in [0.2, 0.25) is 0 Å². The maximum Gasteiger partial charge on any atom is 0.249 e. The van der Waals surface area contributed by atoms with Gasteiger partial charge in [0.1, 0.15) is 6.61 Å². The number of hydrogen-bond acceptors (Lipinski definition) is 5. The quantitative estimate of drug-likeness (QED) is 0.766. The van der Waals surface area contributed by atoms with Crippen LogP contribution in [0.5, 0.6) is 0 Å². The van der Waals surface area contributed by atoms with Crippen LogP contribution in [0, 0.1) is 0 Å².